The number of piperidine rings is 1. The smallest absolute Gasteiger partial charge is 0.255 e. The van der Waals surface area contributed by atoms with Crippen molar-refractivity contribution in [3.8, 4) is 0 Å². The number of nitrogens with two attached hydrogens (primary N) is 1. The van der Waals surface area contributed by atoms with Gasteiger partial charge < -0.3 is 20.1 Å². The fourth-order valence-corrected chi connectivity index (χ4v) is 2.98. The Hall–Kier alpha value is -1.30. The minimum absolute atomic E-state index is 0.0668. The molecular weight excluding hydrogens is 280 g/mol. The van der Waals surface area contributed by atoms with E-state index in [2.05, 4.69) is 0 Å². The summed E-state index contributed by atoms with van der Waals surface area (Å²) >= 11 is 6.09. The van der Waals surface area contributed by atoms with E-state index in [1.54, 1.807) is 23.1 Å². The van der Waals surface area contributed by atoms with Gasteiger partial charge in [-0.3, -0.25) is 4.79 Å². The first-order valence-electron chi connectivity index (χ1n) is 6.72. The molecule has 0 radical (unpaired) electrons. The van der Waals surface area contributed by atoms with E-state index in [1.807, 2.05) is 0 Å². The molecule has 0 aliphatic carbocycles. The second-order valence-electron chi connectivity index (χ2n) is 5.14. The van der Waals surface area contributed by atoms with Crippen molar-refractivity contribution in [1.29, 1.82) is 0 Å². The molecule has 1 aromatic rings. The highest BCUT2D eigenvalue weighted by molar-refractivity contribution is 6.34. The van der Waals surface area contributed by atoms with Crippen LogP contribution >= 0.6 is 11.6 Å². The predicted octanol–water partition coefficient (Wildman–Crippen LogP) is 1.90. The Morgan fingerprint density at radius 2 is 1.90 bits per heavy atom. The molecule has 0 atom stereocenters. The molecule has 2 N–H and O–H groups in total. The topological polar surface area (TPSA) is 64.8 Å². The summed E-state index contributed by atoms with van der Waals surface area (Å²) in [6.45, 7) is 2.49. The van der Waals surface area contributed by atoms with Crippen LogP contribution < -0.4 is 5.73 Å². The number of rotatable bonds is 1. The van der Waals surface area contributed by atoms with Crippen LogP contribution in [0.2, 0.25) is 5.02 Å². The lowest BCUT2D eigenvalue weighted by molar-refractivity contribution is -0.181. The Balaban J connectivity index is 1.69. The molecule has 2 aliphatic heterocycles. The second-order valence-corrected chi connectivity index (χ2v) is 5.55. The lowest BCUT2D eigenvalue weighted by atomic mass is 10.0. The van der Waals surface area contributed by atoms with Gasteiger partial charge in [0.25, 0.3) is 5.91 Å². The average molecular weight is 297 g/mol. The average Bonchev–Trinajstić information content (AvgIpc) is 2.87. The third kappa shape index (κ3) is 2.49. The zero-order valence-electron chi connectivity index (χ0n) is 11.1. The van der Waals surface area contributed by atoms with E-state index < -0.39 is 5.79 Å². The van der Waals surface area contributed by atoms with Crippen LogP contribution in [0.5, 0.6) is 0 Å². The van der Waals surface area contributed by atoms with Crippen molar-refractivity contribution in [2.45, 2.75) is 18.6 Å². The number of amides is 1. The fourth-order valence-electron chi connectivity index (χ4n) is 2.71. The Morgan fingerprint density at radius 1 is 1.25 bits per heavy atom. The molecule has 3 rings (SSSR count). The number of anilines is 1. The molecular formula is C14H17ClN2O3. The van der Waals surface area contributed by atoms with Crippen molar-refractivity contribution in [2.75, 3.05) is 32.0 Å². The maximum absolute atomic E-state index is 12.5. The molecule has 0 bridgehead atoms. The number of carbonyl (C=O) groups excluding carboxylic acids is 1. The molecule has 1 amide bonds. The Morgan fingerprint density at radius 3 is 2.50 bits per heavy atom. The second kappa shape index (κ2) is 5.24. The molecule has 2 fully saturated rings. The van der Waals surface area contributed by atoms with Crippen molar-refractivity contribution >= 4 is 23.2 Å². The number of nitrogen functional groups attached to an aromatic ring is 1. The molecule has 2 aliphatic rings. The van der Waals surface area contributed by atoms with E-state index in [0.717, 1.165) is 0 Å². The summed E-state index contributed by atoms with van der Waals surface area (Å²) in [5.74, 6) is -0.537. The molecule has 0 unspecified atom stereocenters. The largest absolute Gasteiger partial charge is 0.399 e. The minimum Gasteiger partial charge on any atom is -0.399 e. The van der Waals surface area contributed by atoms with Gasteiger partial charge in [0, 0.05) is 31.6 Å². The maximum Gasteiger partial charge on any atom is 0.255 e. The van der Waals surface area contributed by atoms with Gasteiger partial charge in [0.15, 0.2) is 5.79 Å². The van der Waals surface area contributed by atoms with Gasteiger partial charge in [0.2, 0.25) is 0 Å². The zero-order chi connectivity index (χ0) is 14.2. The van der Waals surface area contributed by atoms with E-state index in [-0.39, 0.29) is 5.91 Å². The van der Waals surface area contributed by atoms with Crippen molar-refractivity contribution in [1.82, 2.24) is 4.90 Å². The summed E-state index contributed by atoms with van der Waals surface area (Å²) in [5, 5.41) is 0.392. The highest BCUT2D eigenvalue weighted by atomic mass is 35.5. The highest BCUT2D eigenvalue weighted by Crippen LogP contribution is 2.32. The zero-order valence-corrected chi connectivity index (χ0v) is 11.9. The molecule has 1 aromatic carbocycles. The quantitative estimate of drug-likeness (QED) is 0.804. The predicted molar refractivity (Wildman–Crippen MR) is 75.6 cm³/mol. The first-order valence-corrected chi connectivity index (χ1v) is 7.10. The van der Waals surface area contributed by atoms with E-state index in [1.165, 1.54) is 0 Å². The van der Waals surface area contributed by atoms with Crippen LogP contribution in [0.1, 0.15) is 23.2 Å². The molecule has 20 heavy (non-hydrogen) atoms. The number of ether oxygens (including phenoxy) is 2. The van der Waals surface area contributed by atoms with Crippen LogP contribution in [0, 0.1) is 0 Å². The highest BCUT2D eigenvalue weighted by Gasteiger charge is 2.41. The van der Waals surface area contributed by atoms with Gasteiger partial charge in [0.05, 0.1) is 23.8 Å². The SMILES string of the molecule is Nc1ccc(C(=O)N2CCC3(CC2)OCCO3)c(Cl)c1. The fraction of sp³-hybridized carbons (Fsp3) is 0.500. The first kappa shape index (κ1) is 13.7. The standard InChI is InChI=1S/C14H17ClN2O3/c15-12-9-10(16)1-2-11(12)13(18)17-5-3-14(4-6-17)19-7-8-20-14/h1-2,9H,3-8,16H2. The Labute approximate surface area is 122 Å². The van der Waals surface area contributed by atoms with Gasteiger partial charge >= 0.3 is 0 Å². The monoisotopic (exact) mass is 296 g/mol. The minimum atomic E-state index is -0.471. The number of halogens is 1. The maximum atomic E-state index is 12.5. The molecule has 0 aromatic heterocycles. The number of benzene rings is 1. The van der Waals surface area contributed by atoms with E-state index in [9.17, 15) is 4.79 Å². The molecule has 108 valence electrons. The van der Waals surface area contributed by atoms with E-state index in [4.69, 9.17) is 26.8 Å². The van der Waals surface area contributed by atoms with Gasteiger partial charge in [-0.05, 0) is 18.2 Å². The van der Waals surface area contributed by atoms with Gasteiger partial charge in [-0.2, -0.15) is 0 Å². The molecule has 0 saturated carbocycles. The number of likely N-dealkylation sites (tertiary alicyclic amines) is 1. The molecule has 6 heteroatoms. The number of hydrogen-bond donors (Lipinski definition) is 1. The summed E-state index contributed by atoms with van der Waals surface area (Å²) in [5.41, 5.74) is 6.69. The molecule has 2 saturated heterocycles. The van der Waals surface area contributed by atoms with Gasteiger partial charge in [-0.15, -0.1) is 0 Å². The van der Waals surface area contributed by atoms with Gasteiger partial charge in [-0.25, -0.2) is 0 Å². The summed E-state index contributed by atoms with van der Waals surface area (Å²) in [6.07, 6.45) is 1.40. The Kier molecular flexibility index (Phi) is 3.58. The van der Waals surface area contributed by atoms with Crippen LogP contribution in [0.4, 0.5) is 5.69 Å². The summed E-state index contributed by atoms with van der Waals surface area (Å²) in [6, 6.07) is 4.96. The molecule has 5 nitrogen and oxygen atoms in total. The van der Waals surface area contributed by atoms with Crippen molar-refractivity contribution in [2.24, 2.45) is 0 Å². The van der Waals surface area contributed by atoms with E-state index in [0.29, 0.717) is 55.4 Å². The van der Waals surface area contributed by atoms with Crippen LogP contribution in [0.25, 0.3) is 0 Å². The third-order valence-electron chi connectivity index (χ3n) is 3.85. The first-order chi connectivity index (χ1) is 9.60. The summed E-state index contributed by atoms with van der Waals surface area (Å²) in [7, 11) is 0. The molecule has 2 heterocycles. The van der Waals surface area contributed by atoms with E-state index >= 15 is 0 Å². The van der Waals surface area contributed by atoms with Gasteiger partial charge in [-0.1, -0.05) is 11.6 Å². The summed E-state index contributed by atoms with van der Waals surface area (Å²) < 4.78 is 11.3. The summed E-state index contributed by atoms with van der Waals surface area (Å²) in [4.78, 5) is 14.2. The normalized spacial score (nSPS) is 21.4. The van der Waals surface area contributed by atoms with Crippen LogP contribution in [0.15, 0.2) is 18.2 Å². The van der Waals surface area contributed by atoms with Crippen LogP contribution in [-0.2, 0) is 9.47 Å². The Bertz CT molecular complexity index is 519. The van der Waals surface area contributed by atoms with Gasteiger partial charge in [0.1, 0.15) is 0 Å². The third-order valence-corrected chi connectivity index (χ3v) is 4.16. The van der Waals surface area contributed by atoms with Crippen molar-refractivity contribution in [3.05, 3.63) is 28.8 Å². The van der Waals surface area contributed by atoms with Crippen LogP contribution in [0.3, 0.4) is 0 Å². The number of nitrogens with zero attached hydrogens (tertiary/aromatic N) is 1. The molecule has 1 spiro atoms. The van der Waals surface area contributed by atoms with Crippen molar-refractivity contribution in [3.63, 3.8) is 0 Å². The lowest BCUT2D eigenvalue weighted by Crippen LogP contribution is -2.47. The van der Waals surface area contributed by atoms with Crippen LogP contribution in [-0.4, -0.2) is 42.9 Å². The number of carbonyl (C=O) groups is 1. The lowest BCUT2D eigenvalue weighted by Gasteiger charge is -2.37. The number of hydrogen-bond acceptors (Lipinski definition) is 4. The van der Waals surface area contributed by atoms with Crippen molar-refractivity contribution < 1.29 is 14.3 Å².